The lowest BCUT2D eigenvalue weighted by atomic mass is 9.35. The molecule has 198 valence electrons. The zero-order valence-electron chi connectivity index (χ0n) is 23.5. The van der Waals surface area contributed by atoms with Gasteiger partial charge in [-0.1, -0.05) is 48.5 Å². The lowest BCUT2D eigenvalue weighted by molar-refractivity contribution is -0.246. The molecule has 0 aromatic heterocycles. The molecule has 4 rings (SSSR count). The second kappa shape index (κ2) is 8.71. The molecule has 0 heterocycles. The highest BCUT2D eigenvalue weighted by Crippen LogP contribution is 2.75. The minimum atomic E-state index is -0.733. The van der Waals surface area contributed by atoms with Crippen LogP contribution in [0, 0.1) is 45.3 Å². The van der Waals surface area contributed by atoms with E-state index in [1.165, 1.54) is 12.8 Å². The number of hydrogen-bond acceptors (Lipinski definition) is 4. The first-order valence-corrected chi connectivity index (χ1v) is 14.4. The van der Waals surface area contributed by atoms with Crippen LogP contribution in [0.15, 0.2) is 0 Å². The summed E-state index contributed by atoms with van der Waals surface area (Å²) in [5.74, 6) is 1.31. The minimum absolute atomic E-state index is 0.0500. The van der Waals surface area contributed by atoms with Crippen LogP contribution in [-0.4, -0.2) is 45.7 Å². The highest BCUT2D eigenvalue weighted by Gasteiger charge is 2.71. The summed E-state index contributed by atoms with van der Waals surface area (Å²) < 4.78 is 0. The van der Waals surface area contributed by atoms with Gasteiger partial charge >= 0.3 is 0 Å². The van der Waals surface area contributed by atoms with Crippen LogP contribution in [0.25, 0.3) is 0 Å². The fourth-order valence-electron chi connectivity index (χ4n) is 10.5. The first kappa shape index (κ1) is 26.9. The van der Waals surface area contributed by atoms with E-state index in [9.17, 15) is 15.3 Å². The minimum Gasteiger partial charge on any atom is -0.393 e. The lowest BCUT2D eigenvalue weighted by Gasteiger charge is -2.70. The van der Waals surface area contributed by atoms with Gasteiger partial charge in [0.1, 0.15) is 0 Å². The van der Waals surface area contributed by atoms with Crippen LogP contribution >= 0.6 is 0 Å². The quantitative estimate of drug-likeness (QED) is 0.379. The Bertz CT molecular complexity index is 749. The molecule has 10 atom stereocenters. The van der Waals surface area contributed by atoms with Gasteiger partial charge in [-0.05, 0) is 117 Å². The van der Waals surface area contributed by atoms with Gasteiger partial charge in [-0.3, -0.25) is 0 Å². The number of aliphatic hydroxyl groups excluding tert-OH is 2. The molecule has 0 radical (unpaired) electrons. The van der Waals surface area contributed by atoms with E-state index < -0.39 is 5.60 Å². The molecule has 4 heteroatoms. The average molecular weight is 478 g/mol. The molecule has 4 nitrogen and oxygen atoms in total. The molecule has 0 aromatic rings. The Labute approximate surface area is 209 Å². The number of hydrogen-bond donors (Lipinski definition) is 4. The standard InChI is InChI=1S/C30H55NO3/c1-19(2)31-17-9-13-30(8,34)20-10-15-29(7)25(20)21(32)18-23-27(5)14-12-24(33)26(3,4)22(27)11-16-28(23,29)6/h19-25,31-34H,9-18H2,1-8H3/t20-,21+,22?,23?,24-,25?,27-,28+,29+,30-/m0/s1. The van der Waals surface area contributed by atoms with Crippen molar-refractivity contribution in [3.63, 3.8) is 0 Å². The molecule has 34 heavy (non-hydrogen) atoms. The molecule has 3 unspecified atom stereocenters. The Kier molecular flexibility index (Phi) is 6.89. The Morgan fingerprint density at radius 2 is 1.56 bits per heavy atom. The van der Waals surface area contributed by atoms with Gasteiger partial charge in [0, 0.05) is 6.04 Å². The highest BCUT2D eigenvalue weighted by atomic mass is 16.3. The highest BCUT2D eigenvalue weighted by molar-refractivity contribution is 5.19. The van der Waals surface area contributed by atoms with E-state index in [0.29, 0.717) is 17.9 Å². The van der Waals surface area contributed by atoms with Crippen molar-refractivity contribution < 1.29 is 15.3 Å². The maximum Gasteiger partial charge on any atom is 0.0652 e. The van der Waals surface area contributed by atoms with Crippen LogP contribution in [0.2, 0.25) is 0 Å². The molecule has 4 saturated carbocycles. The molecule has 4 fully saturated rings. The summed E-state index contributed by atoms with van der Waals surface area (Å²) in [6.07, 6.45) is 8.50. The van der Waals surface area contributed by atoms with Crippen LogP contribution in [0.5, 0.6) is 0 Å². The molecule has 0 spiro atoms. The Hall–Kier alpha value is -0.160. The number of rotatable bonds is 6. The fourth-order valence-corrected chi connectivity index (χ4v) is 10.5. The summed E-state index contributed by atoms with van der Waals surface area (Å²) in [6, 6.07) is 0.471. The molecule has 0 aromatic carbocycles. The van der Waals surface area contributed by atoms with E-state index in [-0.39, 0.29) is 45.7 Å². The van der Waals surface area contributed by atoms with E-state index in [1.54, 1.807) is 0 Å². The molecular weight excluding hydrogens is 422 g/mol. The number of fused-ring (bicyclic) bond motifs is 5. The van der Waals surface area contributed by atoms with E-state index >= 15 is 0 Å². The molecule has 4 aliphatic carbocycles. The van der Waals surface area contributed by atoms with Gasteiger partial charge in [0.05, 0.1) is 17.8 Å². The van der Waals surface area contributed by atoms with E-state index in [1.807, 2.05) is 6.92 Å². The molecular formula is C30H55NO3. The van der Waals surface area contributed by atoms with Gasteiger partial charge in [0.2, 0.25) is 0 Å². The molecule has 0 bridgehead atoms. The predicted octanol–water partition coefficient (Wildman–Crippen LogP) is 5.53. The first-order valence-electron chi connectivity index (χ1n) is 14.4. The summed E-state index contributed by atoms with van der Waals surface area (Å²) in [5, 5.41) is 37.8. The average Bonchev–Trinajstić information content (AvgIpc) is 3.11. The third kappa shape index (κ3) is 3.84. The lowest BCUT2D eigenvalue weighted by Crippen LogP contribution is -2.66. The third-order valence-electron chi connectivity index (χ3n) is 12.6. The van der Waals surface area contributed by atoms with Gasteiger partial charge in [-0.15, -0.1) is 0 Å². The van der Waals surface area contributed by atoms with Gasteiger partial charge in [-0.2, -0.15) is 0 Å². The van der Waals surface area contributed by atoms with Crippen LogP contribution in [0.3, 0.4) is 0 Å². The van der Waals surface area contributed by atoms with E-state index in [0.717, 1.165) is 51.5 Å². The van der Waals surface area contributed by atoms with E-state index in [2.05, 4.69) is 53.8 Å². The molecule has 4 aliphatic rings. The number of nitrogens with one attached hydrogen (secondary N) is 1. The normalized spacial score (nSPS) is 49.8. The van der Waals surface area contributed by atoms with Gasteiger partial charge in [0.15, 0.2) is 0 Å². The second-order valence-corrected chi connectivity index (χ2v) is 14.9. The predicted molar refractivity (Wildman–Crippen MR) is 139 cm³/mol. The molecule has 4 N–H and O–H groups in total. The summed E-state index contributed by atoms with van der Waals surface area (Å²) in [7, 11) is 0. The first-order chi connectivity index (χ1) is 15.6. The van der Waals surface area contributed by atoms with Gasteiger partial charge in [0.25, 0.3) is 0 Å². The topological polar surface area (TPSA) is 72.7 Å². The van der Waals surface area contributed by atoms with Crippen LogP contribution < -0.4 is 5.32 Å². The third-order valence-corrected chi connectivity index (χ3v) is 12.6. The zero-order chi connectivity index (χ0) is 25.3. The maximum atomic E-state index is 11.8. The number of aliphatic hydroxyl groups is 3. The van der Waals surface area contributed by atoms with Crippen molar-refractivity contribution in [1.82, 2.24) is 5.32 Å². The summed E-state index contributed by atoms with van der Waals surface area (Å²) >= 11 is 0. The summed E-state index contributed by atoms with van der Waals surface area (Å²) in [5.41, 5.74) is -0.418. The Morgan fingerprint density at radius 3 is 2.21 bits per heavy atom. The van der Waals surface area contributed by atoms with Crippen molar-refractivity contribution in [3.05, 3.63) is 0 Å². The smallest absolute Gasteiger partial charge is 0.0652 e. The van der Waals surface area contributed by atoms with Crippen molar-refractivity contribution in [2.24, 2.45) is 45.3 Å². The van der Waals surface area contributed by atoms with Crippen molar-refractivity contribution in [3.8, 4) is 0 Å². The van der Waals surface area contributed by atoms with Crippen molar-refractivity contribution in [2.75, 3.05) is 6.54 Å². The second-order valence-electron chi connectivity index (χ2n) is 14.9. The Morgan fingerprint density at radius 1 is 0.912 bits per heavy atom. The van der Waals surface area contributed by atoms with Crippen LogP contribution in [0.1, 0.15) is 113 Å². The monoisotopic (exact) mass is 477 g/mol. The van der Waals surface area contributed by atoms with Crippen molar-refractivity contribution in [1.29, 1.82) is 0 Å². The van der Waals surface area contributed by atoms with Crippen LogP contribution in [0.4, 0.5) is 0 Å². The largest absolute Gasteiger partial charge is 0.393 e. The molecule has 0 aliphatic heterocycles. The summed E-state index contributed by atoms with van der Waals surface area (Å²) in [6.45, 7) is 19.4. The summed E-state index contributed by atoms with van der Waals surface area (Å²) in [4.78, 5) is 0. The van der Waals surface area contributed by atoms with Crippen LogP contribution in [-0.2, 0) is 0 Å². The van der Waals surface area contributed by atoms with Gasteiger partial charge in [-0.25, -0.2) is 0 Å². The van der Waals surface area contributed by atoms with E-state index in [4.69, 9.17) is 0 Å². The van der Waals surface area contributed by atoms with Gasteiger partial charge < -0.3 is 20.6 Å². The SMILES string of the molecule is CC(C)NCCC[C@](C)(O)[C@H]1CC[C@]2(C)C1[C@H](O)CC1[C@@]3(C)CC[C@H](O)C(C)(C)C3CC[C@]12C. The van der Waals surface area contributed by atoms with Crippen molar-refractivity contribution in [2.45, 2.75) is 137 Å². The molecule has 0 amide bonds. The molecule has 0 saturated heterocycles. The Balaban J connectivity index is 1.60. The fraction of sp³-hybridized carbons (Fsp3) is 1.00. The zero-order valence-corrected chi connectivity index (χ0v) is 23.5. The maximum absolute atomic E-state index is 11.8. The van der Waals surface area contributed by atoms with Crippen molar-refractivity contribution >= 4 is 0 Å².